The second kappa shape index (κ2) is 8.08. The third-order valence-electron chi connectivity index (χ3n) is 4.17. The Hall–Kier alpha value is -2.41. The van der Waals surface area contributed by atoms with Crippen molar-refractivity contribution in [2.24, 2.45) is 5.92 Å². The molecule has 1 unspecified atom stereocenters. The first kappa shape index (κ1) is 19.4. The summed E-state index contributed by atoms with van der Waals surface area (Å²) in [6, 6.07) is 9.44. The van der Waals surface area contributed by atoms with E-state index in [0.717, 1.165) is 27.6 Å². The van der Waals surface area contributed by atoms with Crippen molar-refractivity contribution >= 4 is 28.0 Å². The Morgan fingerprint density at radius 1 is 1.19 bits per heavy atom. The van der Waals surface area contributed by atoms with Crippen molar-refractivity contribution in [2.75, 3.05) is 18.2 Å². The Bertz CT molecular complexity index is 949. The smallest absolute Gasteiger partial charge is 0.219 e. The van der Waals surface area contributed by atoms with E-state index in [-0.39, 0.29) is 0 Å². The lowest BCUT2D eigenvalue weighted by atomic mass is 10.1. The van der Waals surface area contributed by atoms with Gasteiger partial charge in [-0.3, -0.25) is 0 Å². The minimum atomic E-state index is -1.34. The van der Waals surface area contributed by atoms with E-state index in [1.807, 2.05) is 36.5 Å². The first-order valence-corrected chi connectivity index (χ1v) is 10.8. The summed E-state index contributed by atoms with van der Waals surface area (Å²) in [6.07, 6.45) is 3.56. The average molecular weight is 388 g/mol. The zero-order valence-corrected chi connectivity index (χ0v) is 17.3. The van der Waals surface area contributed by atoms with E-state index in [1.54, 1.807) is 10.8 Å². The number of nitrogens with one attached hydrogen (secondary N) is 1. The standard InChI is InChI=1S/C20H26N4O2S/c1-13(2)12-26-19-10-18(22-15-6-8-16(9-7-15)27(5)25)24-20(23-19)17(11-21-24)14(3)4/h6-11,13-14,22H,12H2,1-5H3/p+1. The average Bonchev–Trinajstić information content (AvgIpc) is 3.05. The summed E-state index contributed by atoms with van der Waals surface area (Å²) in [4.78, 5) is 5.50. The zero-order valence-electron chi connectivity index (χ0n) is 16.4. The molecule has 0 aliphatic carbocycles. The van der Waals surface area contributed by atoms with Crippen molar-refractivity contribution in [3.8, 4) is 5.88 Å². The summed E-state index contributed by atoms with van der Waals surface area (Å²) in [6.45, 7) is 9.06. The van der Waals surface area contributed by atoms with Crippen LogP contribution in [0.5, 0.6) is 5.88 Å². The van der Waals surface area contributed by atoms with E-state index in [2.05, 4.69) is 43.1 Å². The molecule has 0 spiro atoms. The highest BCUT2D eigenvalue weighted by atomic mass is 32.2. The summed E-state index contributed by atoms with van der Waals surface area (Å²) in [5.41, 5.74) is 2.76. The highest BCUT2D eigenvalue weighted by molar-refractivity contribution is 7.84. The van der Waals surface area contributed by atoms with Gasteiger partial charge < -0.3 is 10.1 Å². The van der Waals surface area contributed by atoms with Gasteiger partial charge in [0, 0.05) is 17.3 Å². The van der Waals surface area contributed by atoms with E-state index in [9.17, 15) is 4.21 Å². The normalized spacial score (nSPS) is 12.7. The van der Waals surface area contributed by atoms with Gasteiger partial charge in [-0.2, -0.15) is 14.6 Å². The molecule has 144 valence electrons. The molecule has 6 nitrogen and oxygen atoms in total. The van der Waals surface area contributed by atoms with Crippen molar-refractivity contribution < 1.29 is 8.95 Å². The molecule has 0 amide bonds. The fraction of sp³-hybridized carbons (Fsp3) is 0.400. The van der Waals surface area contributed by atoms with Gasteiger partial charge in [-0.1, -0.05) is 27.7 Å². The maximum atomic E-state index is 11.6. The highest BCUT2D eigenvalue weighted by Gasteiger charge is 2.15. The number of hydrogen-bond donors (Lipinski definition) is 1. The van der Waals surface area contributed by atoms with Gasteiger partial charge in [0.1, 0.15) is 22.9 Å². The zero-order chi connectivity index (χ0) is 19.6. The van der Waals surface area contributed by atoms with Crippen molar-refractivity contribution in [2.45, 2.75) is 38.5 Å². The maximum absolute atomic E-state index is 11.6. The number of ether oxygens (including phenoxy) is 1. The molecule has 3 aromatic rings. The van der Waals surface area contributed by atoms with Crippen molar-refractivity contribution in [3.05, 3.63) is 42.1 Å². The van der Waals surface area contributed by atoms with Gasteiger partial charge in [0.15, 0.2) is 10.5 Å². The predicted molar refractivity (Wildman–Crippen MR) is 111 cm³/mol. The SMILES string of the molecule is CC(C)COc1cc(Nc2ccc([SH+](C)=O)cc2)n2ncc(C(C)C)c2n1. The molecule has 1 aromatic carbocycles. The minimum Gasteiger partial charge on any atom is -0.477 e. The Morgan fingerprint density at radius 2 is 1.89 bits per heavy atom. The number of thiol groups is 1. The molecule has 0 bridgehead atoms. The molecule has 0 aliphatic rings. The van der Waals surface area contributed by atoms with E-state index < -0.39 is 10.8 Å². The van der Waals surface area contributed by atoms with E-state index >= 15 is 0 Å². The fourth-order valence-electron chi connectivity index (χ4n) is 2.68. The fourth-order valence-corrected chi connectivity index (χ4v) is 3.25. The van der Waals surface area contributed by atoms with Crippen LogP contribution >= 0.6 is 0 Å². The number of aromatic nitrogens is 3. The monoisotopic (exact) mass is 387 g/mol. The summed E-state index contributed by atoms with van der Waals surface area (Å²) >= 11 is 0. The van der Waals surface area contributed by atoms with Crippen LogP contribution < -0.4 is 10.1 Å². The van der Waals surface area contributed by atoms with E-state index in [0.29, 0.717) is 24.3 Å². The molecule has 2 heterocycles. The van der Waals surface area contributed by atoms with E-state index in [4.69, 9.17) is 4.74 Å². The molecule has 3 rings (SSSR count). The lowest BCUT2D eigenvalue weighted by Gasteiger charge is -2.13. The van der Waals surface area contributed by atoms with Crippen LogP contribution in [0, 0.1) is 5.92 Å². The Kier molecular flexibility index (Phi) is 5.79. The van der Waals surface area contributed by atoms with Gasteiger partial charge in [0.25, 0.3) is 0 Å². The van der Waals surface area contributed by atoms with Crippen molar-refractivity contribution in [1.82, 2.24) is 14.6 Å². The van der Waals surface area contributed by atoms with Crippen LogP contribution in [0.25, 0.3) is 5.65 Å². The third kappa shape index (κ3) is 4.47. The van der Waals surface area contributed by atoms with Crippen LogP contribution in [0.3, 0.4) is 0 Å². The number of nitrogens with zero attached hydrogens (tertiary/aromatic N) is 3. The predicted octanol–water partition coefficient (Wildman–Crippen LogP) is 4.32. The van der Waals surface area contributed by atoms with Crippen LogP contribution in [0.4, 0.5) is 11.5 Å². The molecule has 27 heavy (non-hydrogen) atoms. The van der Waals surface area contributed by atoms with Crippen LogP contribution in [0.2, 0.25) is 0 Å². The molecular formula is C20H27N4O2S+. The minimum absolute atomic E-state index is 0.309. The Balaban J connectivity index is 2.00. The molecule has 2 aromatic heterocycles. The number of benzene rings is 1. The van der Waals surface area contributed by atoms with Gasteiger partial charge in [-0.25, -0.2) is 0 Å². The molecule has 0 aliphatic heterocycles. The second-order valence-corrected chi connectivity index (χ2v) is 8.86. The first-order valence-electron chi connectivity index (χ1n) is 9.14. The molecule has 0 saturated carbocycles. The Morgan fingerprint density at radius 3 is 2.48 bits per heavy atom. The van der Waals surface area contributed by atoms with Crippen LogP contribution in [-0.4, -0.2) is 27.5 Å². The van der Waals surface area contributed by atoms with Gasteiger partial charge in [-0.05, 0) is 36.1 Å². The molecule has 1 atom stereocenters. The second-order valence-electron chi connectivity index (χ2n) is 7.34. The Labute approximate surface area is 162 Å². The van der Waals surface area contributed by atoms with Gasteiger partial charge in [0.05, 0.1) is 12.8 Å². The maximum Gasteiger partial charge on any atom is 0.219 e. The van der Waals surface area contributed by atoms with Crippen molar-refractivity contribution in [1.29, 1.82) is 0 Å². The molecule has 0 saturated heterocycles. The quantitative estimate of drug-likeness (QED) is 0.483. The summed E-state index contributed by atoms with van der Waals surface area (Å²) in [5, 5.41) is 7.89. The molecule has 0 fully saturated rings. The molecular weight excluding hydrogens is 360 g/mol. The lowest BCUT2D eigenvalue weighted by Crippen LogP contribution is -2.08. The van der Waals surface area contributed by atoms with E-state index in [1.165, 1.54) is 0 Å². The summed E-state index contributed by atoms with van der Waals surface area (Å²) < 4.78 is 19.3. The summed E-state index contributed by atoms with van der Waals surface area (Å²) in [5.74, 6) is 2.08. The number of fused-ring (bicyclic) bond motifs is 1. The number of hydrogen-bond acceptors (Lipinski definition) is 5. The number of anilines is 2. The van der Waals surface area contributed by atoms with Gasteiger partial charge in [0.2, 0.25) is 5.88 Å². The largest absolute Gasteiger partial charge is 0.477 e. The molecule has 1 N–H and O–H groups in total. The third-order valence-corrected chi connectivity index (χ3v) is 5.19. The highest BCUT2D eigenvalue weighted by Crippen LogP contribution is 2.27. The van der Waals surface area contributed by atoms with Gasteiger partial charge >= 0.3 is 0 Å². The molecule has 0 radical (unpaired) electrons. The van der Waals surface area contributed by atoms with Crippen molar-refractivity contribution in [3.63, 3.8) is 0 Å². The first-order chi connectivity index (χ1) is 12.8. The lowest BCUT2D eigenvalue weighted by molar-refractivity contribution is 0.261. The number of rotatable bonds is 7. The topological polar surface area (TPSA) is 68.5 Å². The summed E-state index contributed by atoms with van der Waals surface area (Å²) in [7, 11) is -1.34. The van der Waals surface area contributed by atoms with Crippen LogP contribution in [0.15, 0.2) is 41.4 Å². The van der Waals surface area contributed by atoms with Crippen LogP contribution in [0.1, 0.15) is 39.2 Å². The molecule has 7 heteroatoms. The van der Waals surface area contributed by atoms with Crippen LogP contribution in [-0.2, 0) is 15.0 Å². The van der Waals surface area contributed by atoms with Gasteiger partial charge in [-0.15, -0.1) is 4.21 Å².